The van der Waals surface area contributed by atoms with Crippen LogP contribution in [0.1, 0.15) is 37.0 Å². The number of nitrogens with zero attached hydrogens (tertiary/aromatic N) is 3. The fourth-order valence-corrected chi connectivity index (χ4v) is 9.98. The zero-order valence-electron chi connectivity index (χ0n) is 25.6. The second kappa shape index (κ2) is 12.3. The molecule has 0 aliphatic carbocycles. The Hall–Kier alpha value is -3.36. The number of hydrogen-bond acceptors (Lipinski definition) is 5. The lowest BCUT2D eigenvalue weighted by Gasteiger charge is -2.42. The van der Waals surface area contributed by atoms with E-state index in [1.165, 1.54) is 0 Å². The molecule has 3 amide bonds. The van der Waals surface area contributed by atoms with Gasteiger partial charge in [-0.15, -0.1) is 24.9 Å². The molecule has 43 heavy (non-hydrogen) atoms. The molecule has 1 spiro atoms. The van der Waals surface area contributed by atoms with E-state index in [1.807, 2.05) is 62.4 Å². The van der Waals surface area contributed by atoms with Crippen molar-refractivity contribution in [2.24, 2.45) is 17.8 Å². The summed E-state index contributed by atoms with van der Waals surface area (Å²) in [4.78, 5) is 49.0. The van der Waals surface area contributed by atoms with Gasteiger partial charge >= 0.3 is 0 Å². The maximum atomic E-state index is 14.9. The average Bonchev–Trinajstić information content (AvgIpc) is 3.60. The van der Waals surface area contributed by atoms with Crippen molar-refractivity contribution in [3.63, 3.8) is 0 Å². The molecule has 3 aliphatic heterocycles. The number of rotatable bonds is 11. The molecule has 0 aromatic heterocycles. The quantitative estimate of drug-likeness (QED) is 0.376. The maximum Gasteiger partial charge on any atom is 0.251 e. The number of benzene rings is 2. The van der Waals surface area contributed by atoms with Gasteiger partial charge in [0.25, 0.3) is 5.91 Å². The molecule has 3 heterocycles. The standard InChI is InChI=1S/C35H43N3O4S/c1-7-16-36(20-26-12-10-9-11-13-26)32(40)29-28-19-24(5)35(43-28)30(29)33(41)38(25(6)21-39)31(35)34(42)37(17-8-2)27-18-22(3)14-15-23(27)4/h7-15,18,24-25,28-31,39H,1-2,16-17,19-21H2,3-6H3/t24?,25-,28+,29-,30+,31?,35?/m1/s1. The van der Waals surface area contributed by atoms with Gasteiger partial charge in [-0.1, -0.05) is 61.5 Å². The zero-order chi connectivity index (χ0) is 31.1. The van der Waals surface area contributed by atoms with E-state index < -0.39 is 28.7 Å². The van der Waals surface area contributed by atoms with Gasteiger partial charge < -0.3 is 19.8 Å². The van der Waals surface area contributed by atoms with Crippen LogP contribution in [0, 0.1) is 31.6 Å². The Morgan fingerprint density at radius 2 is 1.81 bits per heavy atom. The smallest absolute Gasteiger partial charge is 0.251 e. The molecule has 2 bridgehead atoms. The highest BCUT2D eigenvalue weighted by Gasteiger charge is 2.76. The first kappa shape index (κ1) is 31.1. The van der Waals surface area contributed by atoms with E-state index in [0.29, 0.717) is 13.1 Å². The number of aryl methyl sites for hydroxylation is 2. The molecule has 2 aromatic rings. The Bertz CT molecular complexity index is 1410. The highest BCUT2D eigenvalue weighted by Crippen LogP contribution is 2.69. The highest BCUT2D eigenvalue weighted by atomic mass is 32.2. The van der Waals surface area contributed by atoms with Crippen molar-refractivity contribution < 1.29 is 19.5 Å². The van der Waals surface area contributed by atoms with Crippen LogP contribution in [0.3, 0.4) is 0 Å². The second-order valence-corrected chi connectivity index (χ2v) is 13.9. The third-order valence-electron chi connectivity index (χ3n) is 9.55. The van der Waals surface area contributed by atoms with Crippen molar-refractivity contribution >= 4 is 35.2 Å². The summed E-state index contributed by atoms with van der Waals surface area (Å²) < 4.78 is -0.785. The third-order valence-corrected chi connectivity index (χ3v) is 11.6. The number of hydrogen-bond donors (Lipinski definition) is 1. The van der Waals surface area contributed by atoms with Crippen LogP contribution in [0.2, 0.25) is 0 Å². The SMILES string of the molecule is C=CCN(Cc1ccccc1)C(=O)[C@@H]1[C@@H]2CC(C)C3(S2)C(C(=O)N(CC=C)c2cc(C)ccc2C)N([C@H](C)CO)C(=O)[C@H]13. The maximum absolute atomic E-state index is 14.9. The number of likely N-dealkylation sites (tertiary alicyclic amines) is 1. The number of amides is 3. The van der Waals surface area contributed by atoms with Crippen LogP contribution in [0.5, 0.6) is 0 Å². The van der Waals surface area contributed by atoms with Gasteiger partial charge in [-0.2, -0.15) is 0 Å². The Kier molecular flexibility index (Phi) is 8.91. The number of thioether (sulfide) groups is 1. The molecule has 228 valence electrons. The van der Waals surface area contributed by atoms with Crippen molar-refractivity contribution in [3.8, 4) is 0 Å². The van der Waals surface area contributed by atoms with Gasteiger partial charge in [0.15, 0.2) is 0 Å². The Labute approximate surface area is 259 Å². The molecular weight excluding hydrogens is 558 g/mol. The fourth-order valence-electron chi connectivity index (χ4n) is 7.58. The number of aliphatic hydroxyl groups is 1. The van der Waals surface area contributed by atoms with E-state index in [2.05, 4.69) is 20.1 Å². The topological polar surface area (TPSA) is 81.2 Å². The third kappa shape index (κ3) is 5.12. The highest BCUT2D eigenvalue weighted by molar-refractivity contribution is 8.02. The van der Waals surface area contributed by atoms with E-state index in [1.54, 1.807) is 45.5 Å². The van der Waals surface area contributed by atoms with Gasteiger partial charge in [0.1, 0.15) is 6.04 Å². The monoisotopic (exact) mass is 601 g/mol. The van der Waals surface area contributed by atoms with E-state index in [0.717, 1.165) is 28.8 Å². The summed E-state index contributed by atoms with van der Waals surface area (Å²) in [5.74, 6) is -1.67. The number of carbonyl (C=O) groups excluding carboxylic acids is 3. The molecular formula is C35H43N3O4S. The number of anilines is 1. The van der Waals surface area contributed by atoms with Gasteiger partial charge in [-0.25, -0.2) is 0 Å². The van der Waals surface area contributed by atoms with Gasteiger partial charge in [0.05, 0.1) is 29.2 Å². The molecule has 7 atom stereocenters. The van der Waals surface area contributed by atoms with E-state index >= 15 is 0 Å². The van der Waals surface area contributed by atoms with Crippen LogP contribution >= 0.6 is 11.8 Å². The molecule has 0 radical (unpaired) electrons. The summed E-state index contributed by atoms with van der Waals surface area (Å²) >= 11 is 1.65. The summed E-state index contributed by atoms with van der Waals surface area (Å²) in [5, 5.41) is 10.2. The molecule has 8 heteroatoms. The summed E-state index contributed by atoms with van der Waals surface area (Å²) in [6.07, 6.45) is 4.17. The molecule has 3 fully saturated rings. The lowest BCUT2D eigenvalue weighted by molar-refractivity contribution is -0.145. The lowest BCUT2D eigenvalue weighted by atomic mass is 9.65. The van der Waals surface area contributed by atoms with E-state index in [4.69, 9.17) is 0 Å². The van der Waals surface area contributed by atoms with Crippen LogP contribution < -0.4 is 4.90 Å². The molecule has 2 aromatic carbocycles. The Balaban J connectivity index is 1.58. The van der Waals surface area contributed by atoms with Gasteiger partial charge in [-0.3, -0.25) is 14.4 Å². The average molecular weight is 602 g/mol. The second-order valence-electron chi connectivity index (χ2n) is 12.4. The predicted octanol–water partition coefficient (Wildman–Crippen LogP) is 4.76. The van der Waals surface area contributed by atoms with Gasteiger partial charge in [0, 0.05) is 30.6 Å². The van der Waals surface area contributed by atoms with Crippen LogP contribution in [0.15, 0.2) is 73.8 Å². The molecule has 5 rings (SSSR count). The molecule has 0 saturated carbocycles. The number of fused-ring (bicyclic) bond motifs is 1. The predicted molar refractivity (Wildman–Crippen MR) is 173 cm³/mol. The largest absolute Gasteiger partial charge is 0.394 e. The van der Waals surface area contributed by atoms with E-state index in [-0.39, 0.29) is 42.0 Å². The molecule has 3 saturated heterocycles. The van der Waals surface area contributed by atoms with Crippen molar-refractivity contribution in [1.29, 1.82) is 0 Å². The first-order chi connectivity index (χ1) is 20.6. The van der Waals surface area contributed by atoms with Crippen molar-refractivity contribution in [3.05, 3.63) is 90.5 Å². The molecule has 1 N–H and O–H groups in total. The number of carbonyl (C=O) groups is 3. The summed E-state index contributed by atoms with van der Waals surface area (Å²) in [6, 6.07) is 14.4. The first-order valence-corrected chi connectivity index (χ1v) is 16.0. The summed E-state index contributed by atoms with van der Waals surface area (Å²) in [5.41, 5.74) is 3.77. The van der Waals surface area contributed by atoms with Crippen molar-refractivity contribution in [2.75, 3.05) is 24.6 Å². The molecule has 3 aliphatic rings. The van der Waals surface area contributed by atoms with Gasteiger partial charge in [0.2, 0.25) is 11.8 Å². The number of aliphatic hydroxyl groups excluding tert-OH is 1. The zero-order valence-corrected chi connectivity index (χ0v) is 26.4. The molecule has 3 unspecified atom stereocenters. The first-order valence-electron chi connectivity index (χ1n) is 15.1. The van der Waals surface area contributed by atoms with Crippen LogP contribution in [0.25, 0.3) is 0 Å². The minimum Gasteiger partial charge on any atom is -0.394 e. The molecule has 7 nitrogen and oxygen atoms in total. The minimum atomic E-state index is -0.822. The summed E-state index contributed by atoms with van der Waals surface area (Å²) in [6.45, 7) is 16.5. The van der Waals surface area contributed by atoms with Crippen LogP contribution in [-0.4, -0.2) is 74.4 Å². The van der Waals surface area contributed by atoms with Crippen molar-refractivity contribution in [1.82, 2.24) is 9.80 Å². The Morgan fingerprint density at radius 1 is 1.12 bits per heavy atom. The van der Waals surface area contributed by atoms with Crippen molar-refractivity contribution in [2.45, 2.75) is 62.7 Å². The summed E-state index contributed by atoms with van der Waals surface area (Å²) in [7, 11) is 0. The lowest BCUT2D eigenvalue weighted by Crippen LogP contribution is -2.59. The van der Waals surface area contributed by atoms with Crippen LogP contribution in [0.4, 0.5) is 5.69 Å². The van der Waals surface area contributed by atoms with E-state index in [9.17, 15) is 19.5 Å². The fraction of sp³-hybridized carbons (Fsp3) is 0.457. The Morgan fingerprint density at radius 3 is 2.47 bits per heavy atom. The normalized spacial score (nSPS) is 28.0. The minimum absolute atomic E-state index is 0.0245. The van der Waals surface area contributed by atoms with Crippen LogP contribution in [-0.2, 0) is 20.9 Å². The van der Waals surface area contributed by atoms with Gasteiger partial charge in [-0.05, 0) is 55.9 Å².